The van der Waals surface area contributed by atoms with Crippen LogP contribution in [0.3, 0.4) is 0 Å². The van der Waals surface area contributed by atoms with Gasteiger partial charge in [-0.2, -0.15) is 0 Å². The molecule has 3 heterocycles. The number of nitrogens with zero attached hydrogens (tertiary/aromatic N) is 4. The molecule has 0 aliphatic carbocycles. The first-order valence-corrected chi connectivity index (χ1v) is 10.5. The molecule has 0 unspecified atom stereocenters. The Bertz CT molecular complexity index is 566. The fourth-order valence-corrected chi connectivity index (χ4v) is 3.82. The summed E-state index contributed by atoms with van der Waals surface area (Å²) in [5.74, 6) is 2.19. The van der Waals surface area contributed by atoms with Crippen LogP contribution in [0.2, 0.25) is 0 Å². The van der Waals surface area contributed by atoms with Crippen molar-refractivity contribution >= 4 is 17.5 Å². The monoisotopic (exact) mass is 375 g/mol. The Balaban J connectivity index is 1.41. The van der Waals surface area contributed by atoms with Gasteiger partial charge in [0.15, 0.2) is 11.6 Å². The van der Waals surface area contributed by atoms with E-state index in [0.29, 0.717) is 13.2 Å². The minimum absolute atomic E-state index is 0.105. The van der Waals surface area contributed by atoms with Gasteiger partial charge in [-0.05, 0) is 57.6 Å². The summed E-state index contributed by atoms with van der Waals surface area (Å²) in [5, 5.41) is 11.9. The molecule has 7 heteroatoms. The van der Waals surface area contributed by atoms with Gasteiger partial charge >= 0.3 is 0 Å². The third kappa shape index (κ3) is 5.79. The number of rotatable bonds is 8. The molecule has 2 fully saturated rings. The summed E-state index contributed by atoms with van der Waals surface area (Å²) < 4.78 is 5.30. The smallest absolute Gasteiger partial charge is 0.223 e. The van der Waals surface area contributed by atoms with Crippen molar-refractivity contribution in [1.82, 2.24) is 15.5 Å². The highest BCUT2D eigenvalue weighted by Crippen LogP contribution is 2.23. The quantitative estimate of drug-likeness (QED) is 0.703. The van der Waals surface area contributed by atoms with Crippen molar-refractivity contribution in [3.8, 4) is 0 Å². The number of nitrogens with one attached hydrogen (secondary N) is 1. The topological polar surface area (TPSA) is 70.6 Å². The number of aromatic nitrogens is 2. The van der Waals surface area contributed by atoms with Crippen molar-refractivity contribution in [2.45, 2.75) is 45.4 Å². The lowest BCUT2D eigenvalue weighted by Crippen LogP contribution is -2.41. The van der Waals surface area contributed by atoms with Gasteiger partial charge in [0.25, 0.3) is 0 Å². The van der Waals surface area contributed by atoms with Crippen LogP contribution in [0.15, 0.2) is 12.1 Å². The van der Waals surface area contributed by atoms with E-state index in [0.717, 1.165) is 63.7 Å². The number of ether oxygens (including phenoxy) is 1. The van der Waals surface area contributed by atoms with Crippen LogP contribution >= 0.6 is 0 Å². The normalized spacial score (nSPS) is 18.6. The van der Waals surface area contributed by atoms with Crippen LogP contribution in [0.5, 0.6) is 0 Å². The largest absolute Gasteiger partial charge is 0.382 e. The molecule has 0 aromatic carbocycles. The molecule has 0 atom stereocenters. The standard InChI is InChI=1S/C20H33N5O2/c1-2-27-16-6-11-21-20(26)17-9-14-25(15-10-17)19-8-7-18(22-23-19)24-12-4-3-5-13-24/h7-8,17H,2-6,9-16H2,1H3,(H,21,26). The molecular formula is C20H33N5O2. The van der Waals surface area contributed by atoms with Crippen molar-refractivity contribution in [1.29, 1.82) is 0 Å². The maximum absolute atomic E-state index is 12.3. The van der Waals surface area contributed by atoms with E-state index in [-0.39, 0.29) is 11.8 Å². The number of carbonyl (C=O) groups is 1. The van der Waals surface area contributed by atoms with Crippen molar-refractivity contribution in [2.75, 3.05) is 55.7 Å². The predicted octanol–water partition coefficient (Wildman–Crippen LogP) is 2.23. The van der Waals surface area contributed by atoms with E-state index in [1.54, 1.807) is 0 Å². The van der Waals surface area contributed by atoms with E-state index in [4.69, 9.17) is 4.74 Å². The molecule has 1 aromatic heterocycles. The maximum atomic E-state index is 12.3. The highest BCUT2D eigenvalue weighted by molar-refractivity contribution is 5.78. The van der Waals surface area contributed by atoms with Crippen LogP contribution in [0.1, 0.15) is 45.4 Å². The number of hydrogen-bond acceptors (Lipinski definition) is 6. The van der Waals surface area contributed by atoms with Crippen molar-refractivity contribution in [3.05, 3.63) is 12.1 Å². The second-order valence-corrected chi connectivity index (χ2v) is 7.40. The highest BCUT2D eigenvalue weighted by Gasteiger charge is 2.25. The number of piperidine rings is 2. The Kier molecular flexibility index (Phi) is 7.68. The molecule has 2 saturated heterocycles. The summed E-state index contributed by atoms with van der Waals surface area (Å²) in [5.41, 5.74) is 0. The average Bonchev–Trinajstić information content (AvgIpc) is 2.74. The molecule has 150 valence electrons. The lowest BCUT2D eigenvalue weighted by molar-refractivity contribution is -0.125. The van der Waals surface area contributed by atoms with Crippen molar-refractivity contribution in [2.24, 2.45) is 5.92 Å². The number of hydrogen-bond donors (Lipinski definition) is 1. The predicted molar refractivity (Wildman–Crippen MR) is 107 cm³/mol. The zero-order chi connectivity index (χ0) is 18.9. The van der Waals surface area contributed by atoms with Gasteiger partial charge in [0.05, 0.1) is 0 Å². The summed E-state index contributed by atoms with van der Waals surface area (Å²) >= 11 is 0. The summed E-state index contributed by atoms with van der Waals surface area (Å²) in [4.78, 5) is 16.9. The van der Waals surface area contributed by atoms with Gasteiger partial charge in [-0.3, -0.25) is 4.79 Å². The van der Waals surface area contributed by atoms with E-state index in [9.17, 15) is 4.79 Å². The highest BCUT2D eigenvalue weighted by atomic mass is 16.5. The first kappa shape index (κ1) is 19.9. The Labute approximate surface area is 162 Å². The molecule has 0 radical (unpaired) electrons. The minimum atomic E-state index is 0.105. The Hall–Kier alpha value is -1.89. The lowest BCUT2D eigenvalue weighted by atomic mass is 9.96. The molecule has 0 bridgehead atoms. The summed E-state index contributed by atoms with van der Waals surface area (Å²) in [6.45, 7) is 8.00. The Morgan fingerprint density at radius 2 is 1.70 bits per heavy atom. The SMILES string of the molecule is CCOCCCNC(=O)C1CCN(c2ccc(N3CCCCC3)nn2)CC1. The first-order chi connectivity index (χ1) is 13.3. The van der Waals surface area contributed by atoms with E-state index in [2.05, 4.69) is 37.4 Å². The molecule has 2 aliphatic rings. The van der Waals surface area contributed by atoms with Gasteiger partial charge in [0.1, 0.15) is 0 Å². The first-order valence-electron chi connectivity index (χ1n) is 10.5. The number of amides is 1. The molecule has 0 spiro atoms. The van der Waals surface area contributed by atoms with E-state index in [1.807, 2.05) is 6.92 Å². The maximum Gasteiger partial charge on any atom is 0.223 e. The molecule has 1 N–H and O–H groups in total. The average molecular weight is 376 g/mol. The molecule has 1 aromatic rings. The van der Waals surface area contributed by atoms with E-state index >= 15 is 0 Å². The molecule has 0 saturated carbocycles. The van der Waals surface area contributed by atoms with Gasteiger partial charge in [-0.1, -0.05) is 0 Å². The summed E-state index contributed by atoms with van der Waals surface area (Å²) in [6.07, 6.45) is 6.41. The van der Waals surface area contributed by atoms with Crippen LogP contribution in [0.25, 0.3) is 0 Å². The zero-order valence-electron chi connectivity index (χ0n) is 16.5. The van der Waals surface area contributed by atoms with E-state index < -0.39 is 0 Å². The van der Waals surface area contributed by atoms with Crippen molar-refractivity contribution < 1.29 is 9.53 Å². The number of anilines is 2. The van der Waals surface area contributed by atoms with Crippen LogP contribution in [0, 0.1) is 5.92 Å². The van der Waals surface area contributed by atoms with E-state index in [1.165, 1.54) is 19.3 Å². The Morgan fingerprint density at radius 1 is 1.07 bits per heavy atom. The molecule has 7 nitrogen and oxygen atoms in total. The molecule has 1 amide bonds. The van der Waals surface area contributed by atoms with Gasteiger partial charge in [0, 0.05) is 51.9 Å². The fourth-order valence-electron chi connectivity index (χ4n) is 3.82. The van der Waals surface area contributed by atoms with Crippen LogP contribution in [0.4, 0.5) is 11.6 Å². The summed E-state index contributed by atoms with van der Waals surface area (Å²) in [7, 11) is 0. The lowest BCUT2D eigenvalue weighted by Gasteiger charge is -2.32. The van der Waals surface area contributed by atoms with Gasteiger partial charge in [0.2, 0.25) is 5.91 Å². The fraction of sp³-hybridized carbons (Fsp3) is 0.750. The van der Waals surface area contributed by atoms with Gasteiger partial charge in [-0.25, -0.2) is 0 Å². The van der Waals surface area contributed by atoms with Crippen molar-refractivity contribution in [3.63, 3.8) is 0 Å². The number of carbonyl (C=O) groups excluding carboxylic acids is 1. The zero-order valence-corrected chi connectivity index (χ0v) is 16.5. The second-order valence-electron chi connectivity index (χ2n) is 7.40. The molecule has 2 aliphatic heterocycles. The van der Waals surface area contributed by atoms with Crippen LogP contribution < -0.4 is 15.1 Å². The minimum Gasteiger partial charge on any atom is -0.382 e. The molecule has 27 heavy (non-hydrogen) atoms. The third-order valence-electron chi connectivity index (χ3n) is 5.47. The second kappa shape index (κ2) is 10.4. The molecular weight excluding hydrogens is 342 g/mol. The van der Waals surface area contributed by atoms with Gasteiger partial charge < -0.3 is 19.9 Å². The third-order valence-corrected chi connectivity index (χ3v) is 5.47. The van der Waals surface area contributed by atoms with Gasteiger partial charge in [-0.15, -0.1) is 10.2 Å². The Morgan fingerprint density at radius 3 is 2.30 bits per heavy atom. The molecule has 3 rings (SSSR count). The van der Waals surface area contributed by atoms with Crippen LogP contribution in [-0.2, 0) is 9.53 Å². The van der Waals surface area contributed by atoms with Crippen LogP contribution in [-0.4, -0.2) is 62.0 Å². The summed E-state index contributed by atoms with van der Waals surface area (Å²) in [6, 6.07) is 4.16.